The summed E-state index contributed by atoms with van der Waals surface area (Å²) in [6.07, 6.45) is 1.53. The van der Waals surface area contributed by atoms with Crippen molar-refractivity contribution in [2.75, 3.05) is 5.43 Å². The molecule has 0 aliphatic carbocycles. The molecule has 7 heteroatoms. The van der Waals surface area contributed by atoms with Crippen LogP contribution >= 0.6 is 22.9 Å². The van der Waals surface area contributed by atoms with Gasteiger partial charge < -0.3 is 9.90 Å². The van der Waals surface area contributed by atoms with E-state index in [0.717, 1.165) is 10.7 Å². The Balaban J connectivity index is 2.12. The van der Waals surface area contributed by atoms with E-state index < -0.39 is 5.97 Å². The minimum atomic E-state index is -1.26. The van der Waals surface area contributed by atoms with Crippen LogP contribution in [0.4, 0.5) is 5.69 Å². The zero-order valence-corrected chi connectivity index (χ0v) is 11.5. The summed E-state index contributed by atoms with van der Waals surface area (Å²) in [5, 5.41) is 17.9. The van der Waals surface area contributed by atoms with Crippen molar-refractivity contribution in [3.8, 4) is 0 Å². The maximum absolute atomic E-state index is 10.7. The molecule has 2 rings (SSSR count). The molecule has 19 heavy (non-hydrogen) atoms. The highest BCUT2D eigenvalue weighted by Crippen LogP contribution is 2.22. The number of carbonyl (C=O) groups excluding carboxylic acids is 1. The van der Waals surface area contributed by atoms with Gasteiger partial charge in [-0.15, -0.1) is 11.3 Å². The fraction of sp³-hybridized carbons (Fsp3) is 0.0833. The van der Waals surface area contributed by atoms with Crippen LogP contribution in [0.2, 0.25) is 5.02 Å². The lowest BCUT2D eigenvalue weighted by atomic mass is 10.2. The summed E-state index contributed by atoms with van der Waals surface area (Å²) in [5.41, 5.74) is 3.83. The van der Waals surface area contributed by atoms with Gasteiger partial charge >= 0.3 is 0 Å². The molecule has 2 aromatic rings. The molecule has 0 saturated carbocycles. The Morgan fingerprint density at radius 1 is 1.58 bits per heavy atom. The van der Waals surface area contributed by atoms with E-state index >= 15 is 0 Å². The molecule has 0 aliphatic heterocycles. The van der Waals surface area contributed by atoms with Gasteiger partial charge in [-0.05, 0) is 24.6 Å². The second-order valence-electron chi connectivity index (χ2n) is 3.64. The first-order chi connectivity index (χ1) is 9.06. The topological polar surface area (TPSA) is 77.4 Å². The van der Waals surface area contributed by atoms with E-state index in [0.29, 0.717) is 10.7 Å². The predicted molar refractivity (Wildman–Crippen MR) is 73.9 cm³/mol. The van der Waals surface area contributed by atoms with Crippen LogP contribution in [-0.4, -0.2) is 17.2 Å². The number of aromatic nitrogens is 1. The highest BCUT2D eigenvalue weighted by Gasteiger charge is 2.02. The molecular weight excluding hydrogens is 286 g/mol. The number of nitrogens with one attached hydrogen (secondary N) is 1. The van der Waals surface area contributed by atoms with Gasteiger partial charge in [-0.1, -0.05) is 17.7 Å². The summed E-state index contributed by atoms with van der Waals surface area (Å²) >= 11 is 7.44. The van der Waals surface area contributed by atoms with E-state index in [1.54, 1.807) is 0 Å². The van der Waals surface area contributed by atoms with Crippen molar-refractivity contribution in [3.63, 3.8) is 0 Å². The van der Waals surface area contributed by atoms with Gasteiger partial charge in [-0.2, -0.15) is 5.10 Å². The van der Waals surface area contributed by atoms with Crippen LogP contribution in [0.3, 0.4) is 0 Å². The number of aryl methyl sites for hydroxylation is 1. The molecule has 5 nitrogen and oxygen atoms in total. The van der Waals surface area contributed by atoms with Crippen LogP contribution in [0, 0.1) is 6.92 Å². The monoisotopic (exact) mass is 294 g/mol. The minimum Gasteiger partial charge on any atom is -0.545 e. The molecule has 1 N–H and O–H groups in total. The number of hydrogen-bond donors (Lipinski definition) is 1. The molecule has 0 radical (unpaired) electrons. The number of carbonyl (C=O) groups is 1. The Morgan fingerprint density at radius 2 is 2.37 bits per heavy atom. The molecule has 0 unspecified atom stereocenters. The van der Waals surface area contributed by atoms with Crippen molar-refractivity contribution in [2.24, 2.45) is 5.10 Å². The van der Waals surface area contributed by atoms with E-state index in [4.69, 9.17) is 11.6 Å². The van der Waals surface area contributed by atoms with Gasteiger partial charge in [-0.25, -0.2) is 4.98 Å². The molecule has 1 aromatic carbocycles. The van der Waals surface area contributed by atoms with Crippen molar-refractivity contribution in [2.45, 2.75) is 6.92 Å². The predicted octanol–water partition coefficient (Wildman–Crippen LogP) is 1.91. The number of hydrogen-bond acceptors (Lipinski definition) is 6. The number of carboxylic acid groups (broad SMARTS) is 1. The largest absolute Gasteiger partial charge is 0.545 e. The number of benzene rings is 1. The number of hydrazone groups is 1. The van der Waals surface area contributed by atoms with Gasteiger partial charge in [0.15, 0.2) is 0 Å². The zero-order valence-electron chi connectivity index (χ0n) is 9.88. The summed E-state index contributed by atoms with van der Waals surface area (Å²) in [7, 11) is 0. The number of halogens is 1. The second-order valence-corrected chi connectivity index (χ2v) is 5.11. The molecule has 0 atom stereocenters. The third-order valence-electron chi connectivity index (χ3n) is 2.22. The standard InChI is InChI=1S/C12H10ClN3O2S/c1-7-15-9(6-19-7)5-14-16-11-4-8(12(17)18)2-3-10(11)13/h2-6,16H,1H3,(H,17,18)/p-1/b14-5-. The molecule has 0 saturated heterocycles. The first-order valence-electron chi connectivity index (χ1n) is 5.28. The van der Waals surface area contributed by atoms with Crippen molar-refractivity contribution in [1.82, 2.24) is 4.98 Å². The van der Waals surface area contributed by atoms with E-state index in [1.165, 1.54) is 35.8 Å². The van der Waals surface area contributed by atoms with Crippen LogP contribution in [0.15, 0.2) is 28.7 Å². The molecule has 0 amide bonds. The van der Waals surface area contributed by atoms with Crippen molar-refractivity contribution < 1.29 is 9.90 Å². The van der Waals surface area contributed by atoms with Gasteiger partial charge in [0.1, 0.15) is 0 Å². The second kappa shape index (κ2) is 5.81. The van der Waals surface area contributed by atoms with Gasteiger partial charge in [-0.3, -0.25) is 5.43 Å². The molecule has 0 fully saturated rings. The summed E-state index contributed by atoms with van der Waals surface area (Å²) < 4.78 is 0. The third-order valence-corrected chi connectivity index (χ3v) is 3.34. The minimum absolute atomic E-state index is 0.0339. The van der Waals surface area contributed by atoms with Gasteiger partial charge in [0.2, 0.25) is 0 Å². The van der Waals surface area contributed by atoms with Crippen LogP contribution in [-0.2, 0) is 0 Å². The van der Waals surface area contributed by atoms with Crippen LogP contribution in [0.5, 0.6) is 0 Å². The lowest BCUT2D eigenvalue weighted by molar-refractivity contribution is -0.255. The maximum atomic E-state index is 10.7. The lowest BCUT2D eigenvalue weighted by Gasteiger charge is -2.07. The Kier molecular flexibility index (Phi) is 4.13. The van der Waals surface area contributed by atoms with E-state index in [-0.39, 0.29) is 5.56 Å². The number of rotatable bonds is 4. The van der Waals surface area contributed by atoms with Crippen molar-refractivity contribution in [3.05, 3.63) is 44.9 Å². The lowest BCUT2D eigenvalue weighted by Crippen LogP contribution is -2.22. The van der Waals surface area contributed by atoms with Crippen molar-refractivity contribution >= 4 is 40.8 Å². The smallest absolute Gasteiger partial charge is 0.0942 e. The maximum Gasteiger partial charge on any atom is 0.0942 e. The zero-order chi connectivity index (χ0) is 13.8. The average molecular weight is 295 g/mol. The van der Waals surface area contributed by atoms with E-state index in [2.05, 4.69) is 15.5 Å². The Morgan fingerprint density at radius 3 is 3.00 bits per heavy atom. The molecule has 0 spiro atoms. The number of thiazole rings is 1. The SMILES string of the molecule is Cc1nc(/C=N\Nc2cc(C(=O)[O-])ccc2Cl)cs1. The van der Waals surface area contributed by atoms with Gasteiger partial charge in [0.25, 0.3) is 0 Å². The Labute approximate surface area is 118 Å². The highest BCUT2D eigenvalue weighted by molar-refractivity contribution is 7.09. The average Bonchev–Trinajstić information content (AvgIpc) is 2.77. The Bertz CT molecular complexity index is 640. The number of aromatic carboxylic acids is 1. The van der Waals surface area contributed by atoms with Crippen molar-refractivity contribution in [1.29, 1.82) is 0 Å². The molecule has 0 aliphatic rings. The molecule has 0 bridgehead atoms. The summed E-state index contributed by atoms with van der Waals surface area (Å²) in [4.78, 5) is 14.9. The third kappa shape index (κ3) is 3.52. The molecule has 98 valence electrons. The highest BCUT2D eigenvalue weighted by atomic mass is 35.5. The fourth-order valence-corrected chi connectivity index (χ4v) is 2.07. The number of nitrogens with zero attached hydrogens (tertiary/aromatic N) is 2. The number of carboxylic acids is 1. The van der Waals surface area contributed by atoms with Crippen LogP contribution < -0.4 is 10.5 Å². The molecule has 1 heterocycles. The first-order valence-corrected chi connectivity index (χ1v) is 6.54. The van der Waals surface area contributed by atoms with Crippen LogP contribution in [0.25, 0.3) is 0 Å². The van der Waals surface area contributed by atoms with Crippen LogP contribution in [0.1, 0.15) is 21.1 Å². The van der Waals surface area contributed by atoms with Gasteiger partial charge in [0.05, 0.1) is 33.6 Å². The summed E-state index contributed by atoms with van der Waals surface area (Å²) in [6, 6.07) is 4.20. The normalized spacial score (nSPS) is 10.8. The van der Waals surface area contributed by atoms with E-state index in [9.17, 15) is 9.90 Å². The quantitative estimate of drug-likeness (QED) is 0.690. The Hall–Kier alpha value is -1.92. The number of anilines is 1. The van der Waals surface area contributed by atoms with Gasteiger partial charge in [0, 0.05) is 5.38 Å². The fourth-order valence-electron chi connectivity index (χ4n) is 1.35. The summed E-state index contributed by atoms with van der Waals surface area (Å²) in [6.45, 7) is 1.90. The molecule has 1 aromatic heterocycles. The first kappa shape index (κ1) is 13.5. The summed E-state index contributed by atoms with van der Waals surface area (Å²) in [5.74, 6) is -1.26. The molecular formula is C12H9ClN3O2S-. The van der Waals surface area contributed by atoms with E-state index in [1.807, 2.05) is 12.3 Å².